The summed E-state index contributed by atoms with van der Waals surface area (Å²) in [5.41, 5.74) is 1.00. The summed E-state index contributed by atoms with van der Waals surface area (Å²) < 4.78 is 27.5. The van der Waals surface area contributed by atoms with Crippen LogP contribution in [-0.4, -0.2) is 26.9 Å². The summed E-state index contributed by atoms with van der Waals surface area (Å²) in [5.74, 6) is -0.0594. The van der Waals surface area contributed by atoms with Gasteiger partial charge in [0, 0.05) is 19.5 Å². The highest BCUT2D eigenvalue weighted by molar-refractivity contribution is 7.89. The van der Waals surface area contributed by atoms with Crippen molar-refractivity contribution in [2.45, 2.75) is 56.4 Å². The second kappa shape index (κ2) is 7.74. The minimum absolute atomic E-state index is 0.0594. The van der Waals surface area contributed by atoms with Gasteiger partial charge in [-0.15, -0.1) is 0 Å². The predicted molar refractivity (Wildman–Crippen MR) is 86.0 cm³/mol. The van der Waals surface area contributed by atoms with Crippen LogP contribution in [-0.2, 0) is 21.2 Å². The molecule has 0 spiro atoms. The summed E-state index contributed by atoms with van der Waals surface area (Å²) >= 11 is 0. The first-order chi connectivity index (χ1) is 10.5. The van der Waals surface area contributed by atoms with Crippen LogP contribution < -0.4 is 10.0 Å². The fourth-order valence-corrected chi connectivity index (χ4v) is 4.03. The van der Waals surface area contributed by atoms with E-state index in [9.17, 15) is 13.2 Å². The van der Waals surface area contributed by atoms with Crippen LogP contribution in [0, 0.1) is 0 Å². The molecule has 0 radical (unpaired) electrons. The first-order valence-electron chi connectivity index (χ1n) is 7.83. The number of nitrogens with one attached hydrogen (secondary N) is 2. The van der Waals surface area contributed by atoms with Crippen LogP contribution in [0.25, 0.3) is 0 Å². The number of rotatable bonds is 6. The molecule has 5 nitrogen and oxygen atoms in total. The molecule has 0 aromatic heterocycles. The van der Waals surface area contributed by atoms with Gasteiger partial charge in [0.25, 0.3) is 0 Å². The molecule has 122 valence electrons. The smallest absolute Gasteiger partial charge is 0.240 e. The number of amides is 1. The molecule has 1 aromatic rings. The normalized spacial score (nSPS) is 16.4. The molecule has 22 heavy (non-hydrogen) atoms. The van der Waals surface area contributed by atoms with E-state index in [1.54, 1.807) is 24.3 Å². The van der Waals surface area contributed by atoms with Gasteiger partial charge in [-0.25, -0.2) is 13.1 Å². The number of sulfonamides is 1. The van der Waals surface area contributed by atoms with Gasteiger partial charge < -0.3 is 5.32 Å². The van der Waals surface area contributed by atoms with E-state index >= 15 is 0 Å². The third-order valence-electron chi connectivity index (χ3n) is 3.95. The Hall–Kier alpha value is -1.40. The van der Waals surface area contributed by atoms with E-state index in [0.29, 0.717) is 17.9 Å². The first-order valence-corrected chi connectivity index (χ1v) is 9.31. The highest BCUT2D eigenvalue weighted by Gasteiger charge is 2.21. The van der Waals surface area contributed by atoms with Crippen molar-refractivity contribution in [2.24, 2.45) is 0 Å². The van der Waals surface area contributed by atoms with Crippen molar-refractivity contribution in [3.05, 3.63) is 29.8 Å². The van der Waals surface area contributed by atoms with Crippen LogP contribution in [0.5, 0.6) is 0 Å². The Morgan fingerprint density at radius 1 is 1.14 bits per heavy atom. The fraction of sp³-hybridized carbons (Fsp3) is 0.562. The number of hydrogen-bond acceptors (Lipinski definition) is 3. The van der Waals surface area contributed by atoms with Crippen LogP contribution >= 0.6 is 0 Å². The molecule has 1 fully saturated rings. The lowest BCUT2D eigenvalue weighted by Crippen LogP contribution is -2.36. The van der Waals surface area contributed by atoms with Crippen molar-refractivity contribution >= 4 is 15.9 Å². The van der Waals surface area contributed by atoms with Gasteiger partial charge in [-0.3, -0.25) is 4.79 Å². The summed E-state index contributed by atoms with van der Waals surface area (Å²) in [7, 11) is -3.43. The summed E-state index contributed by atoms with van der Waals surface area (Å²) in [6, 6.07) is 6.94. The zero-order valence-corrected chi connectivity index (χ0v) is 13.8. The fourth-order valence-electron chi connectivity index (χ4n) is 2.73. The molecule has 1 aromatic carbocycles. The summed E-state index contributed by atoms with van der Waals surface area (Å²) in [4.78, 5) is 11.1. The molecule has 1 amide bonds. The van der Waals surface area contributed by atoms with E-state index in [1.807, 2.05) is 0 Å². The van der Waals surface area contributed by atoms with Crippen LogP contribution in [0.4, 0.5) is 0 Å². The zero-order valence-electron chi connectivity index (χ0n) is 13.0. The second-order valence-electron chi connectivity index (χ2n) is 5.83. The standard InChI is InChI=1S/C16H24N2O3S/c1-13(19)17-12-11-14-7-9-16(10-8-14)22(20,21)18-15-5-3-2-4-6-15/h7-10,15,18H,2-6,11-12H2,1H3,(H,17,19). The lowest BCUT2D eigenvalue weighted by molar-refractivity contribution is -0.118. The maximum absolute atomic E-state index is 12.3. The average molecular weight is 324 g/mol. The van der Waals surface area contributed by atoms with Gasteiger partial charge in [0.15, 0.2) is 0 Å². The van der Waals surface area contributed by atoms with Crippen molar-refractivity contribution in [2.75, 3.05) is 6.54 Å². The van der Waals surface area contributed by atoms with Crippen LogP contribution in [0.15, 0.2) is 29.2 Å². The lowest BCUT2D eigenvalue weighted by atomic mass is 9.96. The van der Waals surface area contributed by atoms with Crippen molar-refractivity contribution in [1.29, 1.82) is 0 Å². The molecule has 1 aliphatic rings. The van der Waals surface area contributed by atoms with Gasteiger partial charge in [-0.2, -0.15) is 0 Å². The quantitative estimate of drug-likeness (QED) is 0.840. The van der Waals surface area contributed by atoms with Gasteiger partial charge in [-0.05, 0) is 37.0 Å². The minimum Gasteiger partial charge on any atom is -0.356 e. The highest BCUT2D eigenvalue weighted by atomic mass is 32.2. The molecule has 0 aliphatic heterocycles. The van der Waals surface area contributed by atoms with Crippen molar-refractivity contribution in [1.82, 2.24) is 10.0 Å². The third kappa shape index (κ3) is 5.10. The van der Waals surface area contributed by atoms with Crippen LogP contribution in [0.2, 0.25) is 0 Å². The van der Waals surface area contributed by atoms with E-state index < -0.39 is 10.0 Å². The zero-order chi connectivity index (χ0) is 16.0. The van der Waals surface area contributed by atoms with Gasteiger partial charge >= 0.3 is 0 Å². The van der Waals surface area contributed by atoms with E-state index in [0.717, 1.165) is 31.2 Å². The van der Waals surface area contributed by atoms with Crippen molar-refractivity contribution in [3.8, 4) is 0 Å². The Morgan fingerprint density at radius 2 is 1.77 bits per heavy atom. The highest BCUT2D eigenvalue weighted by Crippen LogP contribution is 2.20. The summed E-state index contributed by atoms with van der Waals surface area (Å²) in [5, 5.41) is 2.72. The van der Waals surface area contributed by atoms with Crippen LogP contribution in [0.3, 0.4) is 0 Å². The molecule has 2 N–H and O–H groups in total. The van der Waals surface area contributed by atoms with Crippen LogP contribution in [0.1, 0.15) is 44.6 Å². The topological polar surface area (TPSA) is 75.3 Å². The molecule has 0 saturated heterocycles. The number of benzene rings is 1. The van der Waals surface area contributed by atoms with Gasteiger partial charge in [0.05, 0.1) is 4.90 Å². The summed E-state index contributed by atoms with van der Waals surface area (Å²) in [6.07, 6.45) is 5.92. The Kier molecular flexibility index (Phi) is 5.97. The van der Waals surface area contributed by atoms with E-state index in [4.69, 9.17) is 0 Å². The molecule has 1 aliphatic carbocycles. The largest absolute Gasteiger partial charge is 0.356 e. The van der Waals surface area contributed by atoms with E-state index in [-0.39, 0.29) is 11.9 Å². The molecular weight excluding hydrogens is 300 g/mol. The van der Waals surface area contributed by atoms with E-state index in [1.165, 1.54) is 13.3 Å². The SMILES string of the molecule is CC(=O)NCCc1ccc(S(=O)(=O)NC2CCCCC2)cc1. The molecule has 0 bridgehead atoms. The second-order valence-corrected chi connectivity index (χ2v) is 7.55. The van der Waals surface area contributed by atoms with Gasteiger partial charge in [0.2, 0.25) is 15.9 Å². The van der Waals surface area contributed by atoms with Crippen molar-refractivity contribution in [3.63, 3.8) is 0 Å². The van der Waals surface area contributed by atoms with Gasteiger partial charge in [-0.1, -0.05) is 31.4 Å². The average Bonchev–Trinajstić information content (AvgIpc) is 2.48. The number of carbonyl (C=O) groups excluding carboxylic acids is 1. The Labute approximate surface area is 132 Å². The molecule has 0 heterocycles. The Balaban J connectivity index is 1.94. The first kappa shape index (κ1) is 17.0. The Morgan fingerprint density at radius 3 is 2.36 bits per heavy atom. The molecule has 2 rings (SSSR count). The van der Waals surface area contributed by atoms with E-state index in [2.05, 4.69) is 10.0 Å². The molecule has 0 atom stereocenters. The third-order valence-corrected chi connectivity index (χ3v) is 5.48. The van der Waals surface area contributed by atoms with Crippen molar-refractivity contribution < 1.29 is 13.2 Å². The minimum atomic E-state index is -3.43. The monoisotopic (exact) mass is 324 g/mol. The lowest BCUT2D eigenvalue weighted by Gasteiger charge is -2.22. The maximum atomic E-state index is 12.3. The predicted octanol–water partition coefficient (Wildman–Crippen LogP) is 1.98. The summed E-state index contributed by atoms with van der Waals surface area (Å²) in [6.45, 7) is 2.04. The molecular formula is C16H24N2O3S. The van der Waals surface area contributed by atoms with Gasteiger partial charge in [0.1, 0.15) is 0 Å². The maximum Gasteiger partial charge on any atom is 0.240 e. The number of hydrogen-bond donors (Lipinski definition) is 2. The molecule has 1 saturated carbocycles. The molecule has 0 unspecified atom stereocenters. The molecule has 6 heteroatoms. The Bertz CT molecular complexity index is 590. The number of carbonyl (C=O) groups is 1.